The minimum atomic E-state index is 0.413. The Bertz CT molecular complexity index is 733. The molecular weight excluding hydrogens is 340 g/mol. The van der Waals surface area contributed by atoms with E-state index in [9.17, 15) is 0 Å². The monoisotopic (exact) mass is 362 g/mol. The maximum absolute atomic E-state index is 6.28. The fraction of sp³-hybridized carbons (Fsp3) is 0.500. The van der Waals surface area contributed by atoms with Crippen LogP contribution in [0, 0.1) is 5.92 Å². The molecule has 2 heterocycles. The second kappa shape index (κ2) is 7.87. The highest BCUT2D eigenvalue weighted by Crippen LogP contribution is 2.35. The Morgan fingerprint density at radius 1 is 1.04 bits per heavy atom. The van der Waals surface area contributed by atoms with Crippen LogP contribution in [-0.4, -0.2) is 35.2 Å². The quantitative estimate of drug-likeness (QED) is 0.859. The minimum absolute atomic E-state index is 0.413. The van der Waals surface area contributed by atoms with Crippen LogP contribution in [0.1, 0.15) is 32.6 Å². The van der Waals surface area contributed by atoms with E-state index in [2.05, 4.69) is 27.2 Å². The lowest BCUT2D eigenvalue weighted by Gasteiger charge is -2.27. The fourth-order valence-corrected chi connectivity index (χ4v) is 3.31. The van der Waals surface area contributed by atoms with Gasteiger partial charge in [0, 0.05) is 23.9 Å². The van der Waals surface area contributed by atoms with Gasteiger partial charge in [0.15, 0.2) is 0 Å². The maximum Gasteiger partial charge on any atom is 0.226 e. The SMILES string of the molecule is COc1cc(-c2cnc(N[C@H]3CC[C@H](C)CC3)nc2OC)c(Cl)cn1. The fourth-order valence-electron chi connectivity index (χ4n) is 3.10. The van der Waals surface area contributed by atoms with Gasteiger partial charge in [0.2, 0.25) is 17.7 Å². The molecule has 0 unspecified atom stereocenters. The first-order valence-electron chi connectivity index (χ1n) is 8.48. The summed E-state index contributed by atoms with van der Waals surface area (Å²) in [6.07, 6.45) is 8.02. The van der Waals surface area contributed by atoms with Gasteiger partial charge >= 0.3 is 0 Å². The highest BCUT2D eigenvalue weighted by atomic mass is 35.5. The Morgan fingerprint density at radius 3 is 2.48 bits per heavy atom. The lowest BCUT2D eigenvalue weighted by molar-refractivity contribution is 0.359. The maximum atomic E-state index is 6.28. The van der Waals surface area contributed by atoms with Crippen molar-refractivity contribution in [1.82, 2.24) is 15.0 Å². The molecule has 2 aromatic heterocycles. The molecule has 1 fully saturated rings. The van der Waals surface area contributed by atoms with Crippen LogP contribution in [0.2, 0.25) is 5.02 Å². The average Bonchev–Trinajstić information content (AvgIpc) is 2.64. The first-order valence-corrected chi connectivity index (χ1v) is 8.86. The van der Waals surface area contributed by atoms with Crippen LogP contribution in [0.25, 0.3) is 11.1 Å². The minimum Gasteiger partial charge on any atom is -0.481 e. The molecule has 1 N–H and O–H groups in total. The van der Waals surface area contributed by atoms with Gasteiger partial charge in [-0.1, -0.05) is 18.5 Å². The number of nitrogens with one attached hydrogen (secondary N) is 1. The van der Waals surface area contributed by atoms with Gasteiger partial charge in [-0.3, -0.25) is 0 Å². The summed E-state index contributed by atoms with van der Waals surface area (Å²) in [5.74, 6) is 2.33. The Morgan fingerprint density at radius 2 is 1.80 bits per heavy atom. The second-order valence-corrected chi connectivity index (χ2v) is 6.83. The number of pyridine rings is 1. The molecule has 6 nitrogen and oxygen atoms in total. The normalized spacial score (nSPS) is 20.2. The molecule has 0 spiro atoms. The summed E-state index contributed by atoms with van der Waals surface area (Å²) in [6, 6.07) is 2.16. The zero-order valence-corrected chi connectivity index (χ0v) is 15.5. The molecule has 0 radical (unpaired) electrons. The van der Waals surface area contributed by atoms with Gasteiger partial charge in [-0.15, -0.1) is 0 Å². The number of methoxy groups -OCH3 is 2. The second-order valence-electron chi connectivity index (χ2n) is 6.42. The molecule has 3 rings (SSSR count). The molecule has 0 aromatic carbocycles. The predicted octanol–water partition coefficient (Wildman–Crippen LogP) is 4.20. The van der Waals surface area contributed by atoms with Crippen molar-refractivity contribution in [2.75, 3.05) is 19.5 Å². The van der Waals surface area contributed by atoms with Crippen molar-refractivity contribution < 1.29 is 9.47 Å². The number of hydrogen-bond donors (Lipinski definition) is 1. The Labute approximate surface area is 153 Å². The van der Waals surface area contributed by atoms with Crippen LogP contribution in [-0.2, 0) is 0 Å². The number of anilines is 1. The van der Waals surface area contributed by atoms with Gasteiger partial charge in [0.25, 0.3) is 0 Å². The van der Waals surface area contributed by atoms with E-state index in [4.69, 9.17) is 21.1 Å². The predicted molar refractivity (Wildman–Crippen MR) is 98.4 cm³/mol. The number of hydrogen-bond acceptors (Lipinski definition) is 6. The number of rotatable bonds is 5. The number of halogens is 1. The van der Waals surface area contributed by atoms with Gasteiger partial charge in [-0.2, -0.15) is 4.98 Å². The van der Waals surface area contributed by atoms with E-state index in [1.807, 2.05) is 0 Å². The highest BCUT2D eigenvalue weighted by Gasteiger charge is 2.20. The van der Waals surface area contributed by atoms with Crippen molar-refractivity contribution in [2.45, 2.75) is 38.6 Å². The van der Waals surface area contributed by atoms with Crippen LogP contribution in [0.15, 0.2) is 18.5 Å². The summed E-state index contributed by atoms with van der Waals surface area (Å²) in [6.45, 7) is 2.30. The van der Waals surface area contributed by atoms with E-state index in [0.29, 0.717) is 34.3 Å². The lowest BCUT2D eigenvalue weighted by atomic mass is 9.87. The largest absolute Gasteiger partial charge is 0.481 e. The molecular formula is C18H23ClN4O2. The molecule has 25 heavy (non-hydrogen) atoms. The van der Waals surface area contributed by atoms with E-state index in [1.165, 1.54) is 12.8 Å². The third kappa shape index (κ3) is 4.12. The van der Waals surface area contributed by atoms with Crippen LogP contribution in [0.3, 0.4) is 0 Å². The molecule has 0 bridgehead atoms. The first-order chi connectivity index (χ1) is 12.1. The van der Waals surface area contributed by atoms with Crippen molar-refractivity contribution in [3.05, 3.63) is 23.5 Å². The summed E-state index contributed by atoms with van der Waals surface area (Å²) in [5.41, 5.74) is 1.43. The average molecular weight is 363 g/mol. The third-order valence-corrected chi connectivity index (χ3v) is 4.93. The summed E-state index contributed by atoms with van der Waals surface area (Å²) in [5, 5.41) is 3.91. The van der Waals surface area contributed by atoms with E-state index in [1.54, 1.807) is 32.7 Å². The number of ether oxygens (including phenoxy) is 2. The van der Waals surface area contributed by atoms with Crippen LogP contribution in [0.5, 0.6) is 11.8 Å². The van der Waals surface area contributed by atoms with E-state index in [0.717, 1.165) is 24.3 Å². The molecule has 0 atom stereocenters. The lowest BCUT2D eigenvalue weighted by Crippen LogP contribution is -2.26. The highest BCUT2D eigenvalue weighted by molar-refractivity contribution is 6.33. The Hall–Kier alpha value is -2.08. The van der Waals surface area contributed by atoms with Crippen molar-refractivity contribution >= 4 is 17.5 Å². The molecule has 0 saturated heterocycles. The van der Waals surface area contributed by atoms with Gasteiger partial charge in [-0.05, 0) is 31.6 Å². The molecule has 1 aliphatic rings. The summed E-state index contributed by atoms with van der Waals surface area (Å²) < 4.78 is 10.6. The standard InChI is InChI=1S/C18H23ClN4O2/c1-11-4-6-12(7-5-11)22-18-21-9-14(17(23-18)25-3)13-8-16(24-2)20-10-15(13)19/h8-12H,4-7H2,1-3H3,(H,21,22,23)/t11-,12-. The zero-order valence-electron chi connectivity index (χ0n) is 14.8. The first kappa shape index (κ1) is 17.7. The van der Waals surface area contributed by atoms with Crippen LogP contribution in [0.4, 0.5) is 5.95 Å². The Balaban J connectivity index is 1.85. The van der Waals surface area contributed by atoms with Gasteiger partial charge in [0.05, 0.1) is 31.0 Å². The van der Waals surface area contributed by atoms with Crippen LogP contribution < -0.4 is 14.8 Å². The Kier molecular flexibility index (Phi) is 5.58. The molecule has 0 aliphatic heterocycles. The topological polar surface area (TPSA) is 69.2 Å². The number of aromatic nitrogens is 3. The van der Waals surface area contributed by atoms with Gasteiger partial charge in [-0.25, -0.2) is 9.97 Å². The van der Waals surface area contributed by atoms with Crippen molar-refractivity contribution in [3.8, 4) is 22.9 Å². The van der Waals surface area contributed by atoms with Crippen LogP contribution >= 0.6 is 11.6 Å². The van der Waals surface area contributed by atoms with Crippen molar-refractivity contribution in [2.24, 2.45) is 5.92 Å². The molecule has 1 aliphatic carbocycles. The molecule has 0 amide bonds. The molecule has 134 valence electrons. The van der Waals surface area contributed by atoms with E-state index in [-0.39, 0.29) is 0 Å². The number of nitrogens with zero attached hydrogens (tertiary/aromatic N) is 3. The van der Waals surface area contributed by atoms with Crippen molar-refractivity contribution in [1.29, 1.82) is 0 Å². The zero-order chi connectivity index (χ0) is 17.8. The molecule has 1 saturated carbocycles. The van der Waals surface area contributed by atoms with Gasteiger partial charge < -0.3 is 14.8 Å². The van der Waals surface area contributed by atoms with E-state index < -0.39 is 0 Å². The molecule has 2 aromatic rings. The van der Waals surface area contributed by atoms with Crippen molar-refractivity contribution in [3.63, 3.8) is 0 Å². The summed E-state index contributed by atoms with van der Waals surface area (Å²) in [7, 11) is 3.15. The summed E-state index contributed by atoms with van der Waals surface area (Å²) >= 11 is 6.28. The third-order valence-electron chi connectivity index (χ3n) is 4.63. The van der Waals surface area contributed by atoms with Gasteiger partial charge in [0.1, 0.15) is 0 Å². The van der Waals surface area contributed by atoms with E-state index >= 15 is 0 Å². The molecule has 7 heteroatoms. The summed E-state index contributed by atoms with van der Waals surface area (Å²) in [4.78, 5) is 13.1. The smallest absolute Gasteiger partial charge is 0.226 e.